The average molecular weight is 203 g/mol. The summed E-state index contributed by atoms with van der Waals surface area (Å²) in [7, 11) is 0. The normalized spacial score (nSPS) is 9.33. The molecule has 2 heteroatoms. The lowest BCUT2D eigenvalue weighted by Gasteiger charge is -1.90. The van der Waals surface area contributed by atoms with Gasteiger partial charge in [0, 0.05) is 11.9 Å². The van der Waals surface area contributed by atoms with E-state index in [1.165, 1.54) is 11.1 Å². The molecule has 0 unspecified atom stereocenters. The van der Waals surface area contributed by atoms with Gasteiger partial charge >= 0.3 is 0 Å². The van der Waals surface area contributed by atoms with E-state index in [1.54, 1.807) is 6.26 Å². The standard InChI is InChI=1S/C7H9N.C6H8O/c1-6-3-4-8-7(2)5-6;1-5-3-6(2)7-4-5/h3-5H,1-2H3;3-4H,1-2H3. The molecule has 0 spiro atoms. The lowest BCUT2D eigenvalue weighted by atomic mass is 10.3. The summed E-state index contributed by atoms with van der Waals surface area (Å²) in [6.45, 7) is 8.01. The summed E-state index contributed by atoms with van der Waals surface area (Å²) < 4.78 is 4.96. The van der Waals surface area contributed by atoms with E-state index in [9.17, 15) is 0 Å². The van der Waals surface area contributed by atoms with Crippen LogP contribution in [0.4, 0.5) is 0 Å². The summed E-state index contributed by atoms with van der Waals surface area (Å²) >= 11 is 0. The molecule has 0 fully saturated rings. The number of aromatic nitrogens is 1. The molecule has 2 rings (SSSR count). The van der Waals surface area contributed by atoms with Gasteiger partial charge in [-0.15, -0.1) is 0 Å². The molecule has 0 saturated heterocycles. The first kappa shape index (κ1) is 11.5. The second-order valence-electron chi connectivity index (χ2n) is 3.71. The van der Waals surface area contributed by atoms with Crippen molar-refractivity contribution >= 4 is 0 Å². The molecule has 2 heterocycles. The predicted molar refractivity (Wildman–Crippen MR) is 61.9 cm³/mol. The molecular weight excluding hydrogens is 186 g/mol. The van der Waals surface area contributed by atoms with Gasteiger partial charge in [-0.3, -0.25) is 4.98 Å². The molecule has 0 saturated carbocycles. The number of aryl methyl sites for hydroxylation is 4. The quantitative estimate of drug-likeness (QED) is 0.654. The van der Waals surface area contributed by atoms with Crippen molar-refractivity contribution in [2.24, 2.45) is 0 Å². The molecular formula is C13H17NO. The van der Waals surface area contributed by atoms with Gasteiger partial charge in [0.2, 0.25) is 0 Å². The minimum Gasteiger partial charge on any atom is -0.469 e. The van der Waals surface area contributed by atoms with Crippen LogP contribution in [0.25, 0.3) is 0 Å². The van der Waals surface area contributed by atoms with Crippen molar-refractivity contribution in [1.82, 2.24) is 4.98 Å². The van der Waals surface area contributed by atoms with Gasteiger partial charge in [-0.2, -0.15) is 0 Å². The third kappa shape index (κ3) is 4.45. The van der Waals surface area contributed by atoms with Gasteiger partial charge in [-0.25, -0.2) is 0 Å². The van der Waals surface area contributed by atoms with Crippen LogP contribution in [-0.4, -0.2) is 4.98 Å². The smallest absolute Gasteiger partial charge is 0.100 e. The first-order valence-corrected chi connectivity index (χ1v) is 4.99. The van der Waals surface area contributed by atoms with Crippen LogP contribution in [0.15, 0.2) is 35.1 Å². The Bertz CT molecular complexity index is 384. The van der Waals surface area contributed by atoms with E-state index in [4.69, 9.17) is 4.42 Å². The van der Waals surface area contributed by atoms with Crippen LogP contribution < -0.4 is 0 Å². The van der Waals surface area contributed by atoms with Gasteiger partial charge in [-0.1, -0.05) is 0 Å². The van der Waals surface area contributed by atoms with Gasteiger partial charge in [-0.05, 0) is 57.0 Å². The minimum absolute atomic E-state index is 0.984. The molecule has 0 aliphatic rings. The highest BCUT2D eigenvalue weighted by Gasteiger charge is 1.85. The highest BCUT2D eigenvalue weighted by atomic mass is 16.3. The molecule has 15 heavy (non-hydrogen) atoms. The molecule has 0 aliphatic heterocycles. The SMILES string of the molecule is Cc1ccnc(C)c1.Cc1coc(C)c1. The topological polar surface area (TPSA) is 26.0 Å². The van der Waals surface area contributed by atoms with Crippen molar-refractivity contribution in [3.8, 4) is 0 Å². The fraction of sp³-hybridized carbons (Fsp3) is 0.308. The molecule has 0 amide bonds. The summed E-state index contributed by atoms with van der Waals surface area (Å²) in [5, 5.41) is 0. The molecule has 80 valence electrons. The average Bonchev–Trinajstić information content (AvgIpc) is 2.50. The number of furan rings is 1. The Kier molecular flexibility index (Phi) is 4.10. The van der Waals surface area contributed by atoms with E-state index in [2.05, 4.69) is 18.0 Å². The van der Waals surface area contributed by atoms with Crippen LogP contribution in [0.1, 0.15) is 22.6 Å². The molecule has 2 aromatic heterocycles. The van der Waals surface area contributed by atoms with Crippen molar-refractivity contribution in [3.05, 3.63) is 53.2 Å². The fourth-order valence-corrected chi connectivity index (χ4v) is 1.26. The maximum Gasteiger partial charge on any atom is 0.100 e. The summed E-state index contributed by atoms with van der Waals surface area (Å²) in [4.78, 5) is 4.04. The van der Waals surface area contributed by atoms with Gasteiger partial charge in [0.25, 0.3) is 0 Å². The zero-order valence-electron chi connectivity index (χ0n) is 9.74. The largest absolute Gasteiger partial charge is 0.469 e. The van der Waals surface area contributed by atoms with Gasteiger partial charge in [0.05, 0.1) is 6.26 Å². The highest BCUT2D eigenvalue weighted by Crippen LogP contribution is 2.02. The zero-order chi connectivity index (χ0) is 11.3. The molecule has 0 atom stereocenters. The summed E-state index contributed by atoms with van der Waals surface area (Å²) in [5.41, 5.74) is 3.56. The number of rotatable bonds is 0. The van der Waals surface area contributed by atoms with Crippen LogP contribution in [-0.2, 0) is 0 Å². The summed E-state index contributed by atoms with van der Waals surface area (Å²) in [5.74, 6) is 0.984. The maximum atomic E-state index is 4.96. The second-order valence-corrected chi connectivity index (χ2v) is 3.71. The van der Waals surface area contributed by atoms with E-state index >= 15 is 0 Å². The Morgan fingerprint density at radius 3 is 2.00 bits per heavy atom. The van der Waals surface area contributed by atoms with Crippen LogP contribution in [0.3, 0.4) is 0 Å². The Morgan fingerprint density at radius 2 is 1.73 bits per heavy atom. The third-order valence-electron chi connectivity index (χ3n) is 1.91. The van der Waals surface area contributed by atoms with Crippen LogP contribution >= 0.6 is 0 Å². The van der Waals surface area contributed by atoms with Crippen molar-refractivity contribution < 1.29 is 4.42 Å². The molecule has 0 bridgehead atoms. The van der Waals surface area contributed by atoms with Crippen molar-refractivity contribution in [2.45, 2.75) is 27.7 Å². The van der Waals surface area contributed by atoms with Crippen molar-refractivity contribution in [1.29, 1.82) is 0 Å². The van der Waals surface area contributed by atoms with Crippen molar-refractivity contribution in [3.63, 3.8) is 0 Å². The second kappa shape index (κ2) is 5.35. The van der Waals surface area contributed by atoms with E-state index in [0.717, 1.165) is 11.5 Å². The molecule has 0 radical (unpaired) electrons. The number of hydrogen-bond donors (Lipinski definition) is 0. The molecule has 0 aromatic carbocycles. The first-order valence-electron chi connectivity index (χ1n) is 4.99. The van der Waals surface area contributed by atoms with E-state index < -0.39 is 0 Å². The van der Waals surface area contributed by atoms with Gasteiger partial charge < -0.3 is 4.42 Å². The van der Waals surface area contributed by atoms with Crippen LogP contribution in [0.2, 0.25) is 0 Å². The van der Waals surface area contributed by atoms with E-state index in [-0.39, 0.29) is 0 Å². The molecule has 2 nitrogen and oxygen atoms in total. The third-order valence-corrected chi connectivity index (χ3v) is 1.91. The molecule has 2 aromatic rings. The Morgan fingerprint density at radius 1 is 1.00 bits per heavy atom. The maximum absolute atomic E-state index is 4.96. The number of nitrogens with zero attached hydrogens (tertiary/aromatic N) is 1. The van der Waals surface area contributed by atoms with Crippen LogP contribution in [0.5, 0.6) is 0 Å². The number of pyridine rings is 1. The number of hydrogen-bond acceptors (Lipinski definition) is 2. The Balaban J connectivity index is 0.000000151. The Labute approximate surface area is 91.0 Å². The van der Waals surface area contributed by atoms with Crippen LogP contribution in [0, 0.1) is 27.7 Å². The molecule has 0 N–H and O–H groups in total. The van der Waals surface area contributed by atoms with Crippen molar-refractivity contribution in [2.75, 3.05) is 0 Å². The molecule has 0 aliphatic carbocycles. The minimum atomic E-state index is 0.984. The Hall–Kier alpha value is -1.57. The van der Waals surface area contributed by atoms with E-state index in [1.807, 2.05) is 39.1 Å². The first-order chi connectivity index (χ1) is 7.08. The van der Waals surface area contributed by atoms with E-state index in [0.29, 0.717) is 0 Å². The highest BCUT2D eigenvalue weighted by molar-refractivity contribution is 5.12. The zero-order valence-corrected chi connectivity index (χ0v) is 9.74. The summed E-state index contributed by atoms with van der Waals surface area (Å²) in [6, 6.07) is 6.05. The fourth-order valence-electron chi connectivity index (χ4n) is 1.26. The lowest BCUT2D eigenvalue weighted by Crippen LogP contribution is -1.78. The summed E-state index contributed by atoms with van der Waals surface area (Å²) in [6.07, 6.45) is 3.57. The van der Waals surface area contributed by atoms with Gasteiger partial charge in [0.15, 0.2) is 0 Å². The predicted octanol–water partition coefficient (Wildman–Crippen LogP) is 3.59. The lowest BCUT2D eigenvalue weighted by molar-refractivity contribution is 0.533. The monoisotopic (exact) mass is 203 g/mol. The van der Waals surface area contributed by atoms with Gasteiger partial charge in [0.1, 0.15) is 5.76 Å².